The lowest BCUT2D eigenvalue weighted by Gasteiger charge is -2.14. The van der Waals surface area contributed by atoms with Crippen molar-refractivity contribution in [1.29, 1.82) is 0 Å². The maximum Gasteiger partial charge on any atom is 0.264 e. The van der Waals surface area contributed by atoms with Gasteiger partial charge in [-0.05, 0) is 40.5 Å². The lowest BCUT2D eigenvalue weighted by Crippen LogP contribution is -2.17. The van der Waals surface area contributed by atoms with Crippen LogP contribution in [0.25, 0.3) is 0 Å². The lowest BCUT2D eigenvalue weighted by molar-refractivity contribution is 0.581. The molecule has 2 aromatic rings. The smallest absolute Gasteiger partial charge is 0.264 e. The summed E-state index contributed by atoms with van der Waals surface area (Å²) in [5.74, 6) is -1.85. The highest BCUT2D eigenvalue weighted by Crippen LogP contribution is 2.31. The van der Waals surface area contributed by atoms with Crippen molar-refractivity contribution in [2.24, 2.45) is 0 Å². The van der Waals surface area contributed by atoms with E-state index in [0.29, 0.717) is 11.6 Å². The first-order valence-electron chi connectivity index (χ1n) is 5.75. The number of benzene rings is 2. The normalized spacial score (nSPS) is 11.4. The van der Waals surface area contributed by atoms with Crippen molar-refractivity contribution in [3.63, 3.8) is 0 Å². The molecule has 0 saturated carbocycles. The van der Waals surface area contributed by atoms with Gasteiger partial charge >= 0.3 is 0 Å². The van der Waals surface area contributed by atoms with Gasteiger partial charge in [-0.15, -0.1) is 0 Å². The molecule has 0 aliphatic carbocycles. The summed E-state index contributed by atoms with van der Waals surface area (Å²) in [6.45, 7) is 1.57. The predicted molar refractivity (Wildman–Crippen MR) is 80.5 cm³/mol. The molecule has 0 radical (unpaired) electrons. The van der Waals surface area contributed by atoms with Crippen molar-refractivity contribution >= 4 is 37.3 Å². The minimum absolute atomic E-state index is 0.0427. The number of sulfonamides is 1. The van der Waals surface area contributed by atoms with Gasteiger partial charge < -0.3 is 5.73 Å². The summed E-state index contributed by atoms with van der Waals surface area (Å²) in [6.07, 6.45) is 0. The number of anilines is 2. The molecule has 3 N–H and O–H groups in total. The Kier molecular flexibility index (Phi) is 4.20. The van der Waals surface area contributed by atoms with Crippen LogP contribution in [0.1, 0.15) is 5.56 Å². The number of hydrogen-bond acceptors (Lipinski definition) is 3. The first kappa shape index (κ1) is 15.7. The van der Waals surface area contributed by atoms with E-state index in [9.17, 15) is 17.2 Å². The van der Waals surface area contributed by atoms with Crippen LogP contribution in [0.3, 0.4) is 0 Å². The number of hydrogen-bond donors (Lipinski definition) is 2. The third-order valence-corrected chi connectivity index (χ3v) is 4.95. The van der Waals surface area contributed by atoms with Crippen molar-refractivity contribution < 1.29 is 17.2 Å². The molecule has 0 fully saturated rings. The zero-order chi connectivity index (χ0) is 15.8. The number of rotatable bonds is 3. The number of nitrogens with two attached hydrogens (primary N) is 1. The minimum atomic E-state index is -4.10. The standard InChI is InChI=1S/C13H11BrF2N2O2S/c1-7-3-2-4-11(17)13(7)21(19,20)18-12-9(14)5-8(15)6-10(12)16/h2-6,18H,17H2,1H3. The van der Waals surface area contributed by atoms with Crippen LogP contribution in [0, 0.1) is 18.6 Å². The van der Waals surface area contributed by atoms with Gasteiger partial charge in [0.25, 0.3) is 10.0 Å². The van der Waals surface area contributed by atoms with E-state index in [4.69, 9.17) is 5.73 Å². The summed E-state index contributed by atoms with van der Waals surface area (Å²) in [5, 5.41) is 0. The minimum Gasteiger partial charge on any atom is -0.398 e. The second-order valence-electron chi connectivity index (χ2n) is 4.34. The molecule has 0 spiro atoms. The molecule has 0 amide bonds. The van der Waals surface area contributed by atoms with Crippen molar-refractivity contribution in [1.82, 2.24) is 0 Å². The predicted octanol–water partition coefficient (Wildman–Crippen LogP) is 3.42. The first-order chi connectivity index (χ1) is 9.72. The topological polar surface area (TPSA) is 72.2 Å². The van der Waals surface area contributed by atoms with Gasteiger partial charge in [0, 0.05) is 10.5 Å². The second kappa shape index (κ2) is 5.61. The molecular formula is C13H11BrF2N2O2S. The Balaban J connectivity index is 2.53. The van der Waals surface area contributed by atoms with E-state index >= 15 is 0 Å². The van der Waals surface area contributed by atoms with Gasteiger partial charge in [-0.1, -0.05) is 12.1 Å². The molecule has 0 aliphatic rings. The maximum atomic E-state index is 13.7. The van der Waals surface area contributed by atoms with Crippen LogP contribution in [0.15, 0.2) is 39.7 Å². The average molecular weight is 377 g/mol. The third-order valence-electron chi connectivity index (χ3n) is 2.75. The van der Waals surface area contributed by atoms with Crippen molar-refractivity contribution in [3.05, 3.63) is 52.0 Å². The average Bonchev–Trinajstić information content (AvgIpc) is 2.33. The van der Waals surface area contributed by atoms with Crippen LogP contribution in [-0.4, -0.2) is 8.42 Å². The van der Waals surface area contributed by atoms with E-state index < -0.39 is 21.7 Å². The Morgan fingerprint density at radius 3 is 2.48 bits per heavy atom. The van der Waals surface area contributed by atoms with Crippen LogP contribution in [0.4, 0.5) is 20.2 Å². The Labute approximate surface area is 129 Å². The van der Waals surface area contributed by atoms with Crippen molar-refractivity contribution in [2.75, 3.05) is 10.5 Å². The molecule has 0 heterocycles. The summed E-state index contributed by atoms with van der Waals surface area (Å²) < 4.78 is 53.5. The van der Waals surface area contributed by atoms with Crippen LogP contribution in [-0.2, 0) is 10.0 Å². The fourth-order valence-electron chi connectivity index (χ4n) is 1.87. The first-order valence-corrected chi connectivity index (χ1v) is 8.02. The van der Waals surface area contributed by atoms with E-state index in [-0.39, 0.29) is 20.7 Å². The van der Waals surface area contributed by atoms with Gasteiger partial charge in [0.05, 0.1) is 11.4 Å². The number of aryl methyl sites for hydroxylation is 1. The molecular weight excluding hydrogens is 366 g/mol. The molecule has 0 unspecified atom stereocenters. The fourth-order valence-corrected chi connectivity index (χ4v) is 3.95. The van der Waals surface area contributed by atoms with Gasteiger partial charge in [0.2, 0.25) is 0 Å². The molecule has 0 aromatic heterocycles. The summed E-state index contributed by atoms with van der Waals surface area (Å²) in [7, 11) is -4.10. The molecule has 0 saturated heterocycles. The summed E-state index contributed by atoms with van der Waals surface area (Å²) in [6, 6.07) is 6.16. The maximum absolute atomic E-state index is 13.7. The number of nitrogens with one attached hydrogen (secondary N) is 1. The van der Waals surface area contributed by atoms with Crippen LogP contribution in [0.2, 0.25) is 0 Å². The highest BCUT2D eigenvalue weighted by Gasteiger charge is 2.23. The van der Waals surface area contributed by atoms with Crippen LogP contribution >= 0.6 is 15.9 Å². The van der Waals surface area contributed by atoms with Crippen molar-refractivity contribution in [2.45, 2.75) is 11.8 Å². The van der Waals surface area contributed by atoms with Gasteiger partial charge in [-0.25, -0.2) is 17.2 Å². The SMILES string of the molecule is Cc1cccc(N)c1S(=O)(=O)Nc1c(F)cc(F)cc1Br. The molecule has 4 nitrogen and oxygen atoms in total. The summed E-state index contributed by atoms with van der Waals surface area (Å²) in [4.78, 5) is -0.138. The molecule has 2 rings (SSSR count). The van der Waals surface area contributed by atoms with Gasteiger partial charge in [0.1, 0.15) is 10.7 Å². The molecule has 0 bridgehead atoms. The quantitative estimate of drug-likeness (QED) is 0.806. The molecule has 112 valence electrons. The fraction of sp³-hybridized carbons (Fsp3) is 0.0769. The van der Waals surface area contributed by atoms with E-state index in [0.717, 1.165) is 6.07 Å². The monoisotopic (exact) mass is 376 g/mol. The number of nitrogen functional groups attached to an aromatic ring is 1. The van der Waals surface area contributed by atoms with Gasteiger partial charge in [0.15, 0.2) is 5.82 Å². The van der Waals surface area contributed by atoms with Gasteiger partial charge in [-0.3, -0.25) is 4.72 Å². The second-order valence-corrected chi connectivity index (χ2v) is 6.82. The largest absolute Gasteiger partial charge is 0.398 e. The molecule has 8 heteroatoms. The van der Waals surface area contributed by atoms with E-state index in [2.05, 4.69) is 20.7 Å². The summed E-state index contributed by atoms with van der Waals surface area (Å²) in [5.41, 5.74) is 5.76. The Morgan fingerprint density at radius 1 is 1.24 bits per heavy atom. The Bertz CT molecular complexity index is 767. The Morgan fingerprint density at radius 2 is 1.90 bits per heavy atom. The highest BCUT2D eigenvalue weighted by atomic mass is 79.9. The number of halogens is 3. The lowest BCUT2D eigenvalue weighted by atomic mass is 10.2. The Hall–Kier alpha value is -1.67. The molecule has 0 atom stereocenters. The van der Waals surface area contributed by atoms with Crippen LogP contribution in [0.5, 0.6) is 0 Å². The third kappa shape index (κ3) is 3.16. The molecule has 2 aromatic carbocycles. The van der Waals surface area contributed by atoms with E-state index in [1.165, 1.54) is 6.07 Å². The van der Waals surface area contributed by atoms with E-state index in [1.807, 2.05) is 0 Å². The highest BCUT2D eigenvalue weighted by molar-refractivity contribution is 9.10. The van der Waals surface area contributed by atoms with Crippen molar-refractivity contribution in [3.8, 4) is 0 Å². The zero-order valence-corrected chi connectivity index (χ0v) is 13.2. The summed E-state index contributed by atoms with van der Waals surface area (Å²) >= 11 is 2.92. The molecule has 0 aliphatic heterocycles. The molecule has 21 heavy (non-hydrogen) atoms. The van der Waals surface area contributed by atoms with Crippen LogP contribution < -0.4 is 10.5 Å². The van der Waals surface area contributed by atoms with E-state index in [1.54, 1.807) is 19.1 Å². The van der Waals surface area contributed by atoms with Gasteiger partial charge in [-0.2, -0.15) is 0 Å². The zero-order valence-electron chi connectivity index (χ0n) is 10.8.